The Morgan fingerprint density at radius 3 is 2.58 bits per heavy atom. The SMILES string of the molecule is Cc1cc([N+](=O)[O-])ccc1N=NN(C)CC(=O)[O-].[Na+]. The minimum atomic E-state index is -1.27. The molecule has 0 saturated heterocycles. The van der Waals surface area contributed by atoms with E-state index in [4.69, 9.17) is 0 Å². The zero-order valence-electron chi connectivity index (χ0n) is 10.9. The second-order valence-corrected chi connectivity index (χ2v) is 3.61. The number of carboxylic acid groups (broad SMARTS) is 1. The van der Waals surface area contributed by atoms with E-state index in [0.29, 0.717) is 11.3 Å². The number of carbonyl (C=O) groups excluding carboxylic acids is 1. The summed E-state index contributed by atoms with van der Waals surface area (Å²) in [5, 5.41) is 29.3. The average molecular weight is 274 g/mol. The zero-order chi connectivity index (χ0) is 13.7. The quantitative estimate of drug-likeness (QED) is 0.257. The van der Waals surface area contributed by atoms with Gasteiger partial charge in [0.05, 0.1) is 23.1 Å². The predicted octanol–water partition coefficient (Wildman–Crippen LogP) is -2.41. The van der Waals surface area contributed by atoms with Crippen molar-refractivity contribution in [3.63, 3.8) is 0 Å². The number of aliphatic carboxylic acids is 1. The molecule has 9 heteroatoms. The molecular weight excluding hydrogens is 263 g/mol. The van der Waals surface area contributed by atoms with Crippen molar-refractivity contribution in [2.45, 2.75) is 6.92 Å². The van der Waals surface area contributed by atoms with Crippen LogP contribution >= 0.6 is 0 Å². The summed E-state index contributed by atoms with van der Waals surface area (Å²) in [4.78, 5) is 20.3. The fourth-order valence-electron chi connectivity index (χ4n) is 1.21. The molecule has 0 spiro atoms. The van der Waals surface area contributed by atoms with E-state index < -0.39 is 10.9 Å². The molecule has 8 nitrogen and oxygen atoms in total. The third-order valence-electron chi connectivity index (χ3n) is 2.05. The maximum Gasteiger partial charge on any atom is 1.00 e. The van der Waals surface area contributed by atoms with E-state index in [1.165, 1.54) is 25.2 Å². The normalized spacial score (nSPS) is 10.0. The zero-order valence-corrected chi connectivity index (χ0v) is 12.9. The number of non-ortho nitro benzene ring substituents is 1. The first-order valence-corrected chi connectivity index (χ1v) is 4.98. The molecule has 0 aliphatic carbocycles. The second-order valence-electron chi connectivity index (χ2n) is 3.61. The van der Waals surface area contributed by atoms with Crippen molar-refractivity contribution >= 4 is 17.3 Å². The Kier molecular flexibility index (Phi) is 7.20. The van der Waals surface area contributed by atoms with Gasteiger partial charge in [-0.1, -0.05) is 5.22 Å². The molecule has 19 heavy (non-hydrogen) atoms. The Hall–Kier alpha value is -1.51. The van der Waals surface area contributed by atoms with Crippen molar-refractivity contribution in [1.82, 2.24) is 5.01 Å². The van der Waals surface area contributed by atoms with Crippen LogP contribution in [-0.4, -0.2) is 29.5 Å². The molecule has 0 radical (unpaired) electrons. The molecule has 1 aromatic carbocycles. The average Bonchev–Trinajstić information content (AvgIpc) is 2.26. The fraction of sp³-hybridized carbons (Fsp3) is 0.300. The van der Waals surface area contributed by atoms with Gasteiger partial charge in [0.15, 0.2) is 0 Å². The molecule has 1 aromatic rings. The molecule has 0 amide bonds. The summed E-state index contributed by atoms with van der Waals surface area (Å²) in [6.45, 7) is 1.27. The number of nitro groups is 1. The van der Waals surface area contributed by atoms with Crippen LogP contribution in [0.5, 0.6) is 0 Å². The van der Waals surface area contributed by atoms with Gasteiger partial charge in [0.2, 0.25) is 0 Å². The summed E-state index contributed by atoms with van der Waals surface area (Å²) in [5.74, 6) is -1.27. The van der Waals surface area contributed by atoms with E-state index in [9.17, 15) is 20.0 Å². The van der Waals surface area contributed by atoms with Crippen molar-refractivity contribution in [3.05, 3.63) is 33.9 Å². The van der Waals surface area contributed by atoms with E-state index in [2.05, 4.69) is 10.3 Å². The topological polar surface area (TPSA) is 111 Å². The maximum absolute atomic E-state index is 10.5. The summed E-state index contributed by atoms with van der Waals surface area (Å²) in [5.41, 5.74) is 0.982. The minimum absolute atomic E-state index is 0. The number of nitro benzene ring substituents is 1. The van der Waals surface area contributed by atoms with Gasteiger partial charge in [0.1, 0.15) is 0 Å². The number of hydrogen-bond acceptors (Lipinski definition) is 6. The third kappa shape index (κ3) is 5.77. The van der Waals surface area contributed by atoms with Crippen molar-refractivity contribution in [3.8, 4) is 0 Å². The maximum atomic E-state index is 10.5. The third-order valence-corrected chi connectivity index (χ3v) is 2.05. The first kappa shape index (κ1) is 17.5. The number of aryl methyl sites for hydroxylation is 1. The summed E-state index contributed by atoms with van der Waals surface area (Å²) < 4.78 is 0. The number of rotatable bonds is 5. The summed E-state index contributed by atoms with van der Waals surface area (Å²) in [7, 11) is 1.43. The summed E-state index contributed by atoms with van der Waals surface area (Å²) in [6.07, 6.45) is 0. The molecule has 0 aliphatic rings. The number of carboxylic acids is 1. The molecule has 0 heterocycles. The smallest absolute Gasteiger partial charge is 0.548 e. The first-order valence-electron chi connectivity index (χ1n) is 4.98. The second kappa shape index (κ2) is 7.82. The first-order chi connectivity index (χ1) is 8.40. The molecule has 0 unspecified atom stereocenters. The largest absolute Gasteiger partial charge is 1.00 e. The van der Waals surface area contributed by atoms with Crippen molar-refractivity contribution in [1.29, 1.82) is 0 Å². The van der Waals surface area contributed by atoms with Gasteiger partial charge in [-0.25, -0.2) is 0 Å². The van der Waals surface area contributed by atoms with Crippen LogP contribution in [0.1, 0.15) is 5.56 Å². The van der Waals surface area contributed by atoms with Crippen LogP contribution in [0, 0.1) is 17.0 Å². The fourth-order valence-corrected chi connectivity index (χ4v) is 1.21. The molecular formula is C10H11N4NaO4. The molecule has 0 fully saturated rings. The molecule has 0 atom stereocenters. The Morgan fingerprint density at radius 1 is 1.47 bits per heavy atom. The number of carbonyl (C=O) groups is 1. The standard InChI is InChI=1S/C10H12N4O4.Na/c1-7-5-8(14(17)18)3-4-9(7)11-12-13(2)6-10(15)16;/h3-5H,6H2,1-2H3,(H,15,16);/q;+1/p-1. The van der Waals surface area contributed by atoms with Crippen molar-refractivity contribution in [2.24, 2.45) is 10.3 Å². The van der Waals surface area contributed by atoms with E-state index in [0.717, 1.165) is 5.01 Å². The van der Waals surface area contributed by atoms with Crippen LogP contribution < -0.4 is 34.7 Å². The van der Waals surface area contributed by atoms with Crippen LogP contribution in [0.15, 0.2) is 28.5 Å². The van der Waals surface area contributed by atoms with Crippen molar-refractivity contribution < 1.29 is 44.4 Å². The number of hydrogen-bond donors (Lipinski definition) is 0. The Morgan fingerprint density at radius 2 is 2.11 bits per heavy atom. The summed E-state index contributed by atoms with van der Waals surface area (Å²) >= 11 is 0. The Bertz CT molecular complexity index is 506. The van der Waals surface area contributed by atoms with Gasteiger partial charge >= 0.3 is 29.6 Å². The number of nitrogens with zero attached hydrogens (tertiary/aromatic N) is 4. The van der Waals surface area contributed by atoms with E-state index >= 15 is 0 Å². The molecule has 96 valence electrons. The van der Waals surface area contributed by atoms with Gasteiger partial charge in [-0.05, 0) is 18.6 Å². The van der Waals surface area contributed by atoms with Gasteiger partial charge in [-0.3, -0.25) is 15.1 Å². The molecule has 1 rings (SSSR count). The van der Waals surface area contributed by atoms with Gasteiger partial charge in [-0.2, -0.15) is 0 Å². The molecule has 0 aromatic heterocycles. The Labute approximate surface area is 131 Å². The number of likely N-dealkylation sites (N-methyl/N-ethyl adjacent to an activating group) is 1. The van der Waals surface area contributed by atoms with Crippen molar-refractivity contribution in [2.75, 3.05) is 13.6 Å². The van der Waals surface area contributed by atoms with Gasteiger partial charge in [0, 0.05) is 19.2 Å². The van der Waals surface area contributed by atoms with E-state index in [-0.39, 0.29) is 41.8 Å². The minimum Gasteiger partial charge on any atom is -0.548 e. The van der Waals surface area contributed by atoms with E-state index in [1.807, 2.05) is 0 Å². The van der Waals surface area contributed by atoms with Gasteiger partial charge in [-0.15, -0.1) is 5.11 Å². The molecule has 0 saturated carbocycles. The number of benzene rings is 1. The summed E-state index contributed by atoms with van der Waals surface area (Å²) in [6, 6.07) is 4.12. The van der Waals surface area contributed by atoms with Crippen LogP contribution in [0.3, 0.4) is 0 Å². The Balaban J connectivity index is 0.00000324. The monoisotopic (exact) mass is 274 g/mol. The van der Waals surface area contributed by atoms with Gasteiger partial charge in [0.25, 0.3) is 5.69 Å². The predicted molar refractivity (Wildman–Crippen MR) is 60.0 cm³/mol. The van der Waals surface area contributed by atoms with Crippen LogP contribution in [0.25, 0.3) is 0 Å². The van der Waals surface area contributed by atoms with E-state index in [1.54, 1.807) is 6.92 Å². The van der Waals surface area contributed by atoms with Crippen LogP contribution in [0.4, 0.5) is 11.4 Å². The van der Waals surface area contributed by atoms with Crippen LogP contribution in [0.2, 0.25) is 0 Å². The van der Waals surface area contributed by atoms with Gasteiger partial charge < -0.3 is 9.90 Å². The molecule has 0 bridgehead atoms. The molecule has 0 aliphatic heterocycles. The molecule has 0 N–H and O–H groups in total. The van der Waals surface area contributed by atoms with Crippen LogP contribution in [-0.2, 0) is 4.79 Å².